The Morgan fingerprint density at radius 1 is 1.07 bits per heavy atom. The first-order valence-corrected chi connectivity index (χ1v) is 11.5. The van der Waals surface area contributed by atoms with Crippen LogP contribution in [0.3, 0.4) is 0 Å². The number of hydrogen-bond acceptors (Lipinski definition) is 4. The highest BCUT2D eigenvalue weighted by atomic mass is 35.5. The summed E-state index contributed by atoms with van der Waals surface area (Å²) in [5.74, 6) is -0.695. The van der Waals surface area contributed by atoms with Crippen molar-refractivity contribution >= 4 is 27.6 Å². The first-order chi connectivity index (χ1) is 13.6. The van der Waals surface area contributed by atoms with Crippen LogP contribution in [0.5, 0.6) is 0 Å². The molecular formula is C19H23ClF3NO4S. The summed E-state index contributed by atoms with van der Waals surface area (Å²) in [5.41, 5.74) is -1.19. The summed E-state index contributed by atoms with van der Waals surface area (Å²) in [6.07, 6.45) is 0.686. The van der Waals surface area contributed by atoms with Crippen molar-refractivity contribution < 1.29 is 31.1 Å². The van der Waals surface area contributed by atoms with Crippen LogP contribution >= 0.6 is 11.6 Å². The molecule has 1 aliphatic heterocycles. The average molecular weight is 454 g/mol. The van der Waals surface area contributed by atoms with Crippen LogP contribution in [-0.4, -0.2) is 37.9 Å². The first kappa shape index (κ1) is 22.4. The van der Waals surface area contributed by atoms with Crippen LogP contribution in [0.4, 0.5) is 13.2 Å². The molecule has 1 aromatic carbocycles. The molecule has 29 heavy (non-hydrogen) atoms. The van der Waals surface area contributed by atoms with E-state index in [0.717, 1.165) is 48.5 Å². The second-order valence-electron chi connectivity index (χ2n) is 7.51. The minimum absolute atomic E-state index is 0.0523. The lowest BCUT2D eigenvalue weighted by Gasteiger charge is -2.31. The van der Waals surface area contributed by atoms with Gasteiger partial charge in [-0.1, -0.05) is 18.0 Å². The van der Waals surface area contributed by atoms with Gasteiger partial charge >= 0.3 is 12.1 Å². The first-order valence-electron chi connectivity index (χ1n) is 9.66. The summed E-state index contributed by atoms with van der Waals surface area (Å²) in [4.78, 5) is 11.9. The number of hydrogen-bond donors (Lipinski definition) is 0. The number of piperidine rings is 1. The molecule has 3 rings (SSSR count). The average Bonchev–Trinajstić information content (AvgIpc) is 2.68. The molecule has 10 heteroatoms. The highest BCUT2D eigenvalue weighted by Crippen LogP contribution is 2.37. The number of nitrogens with zero attached hydrogens (tertiary/aromatic N) is 1. The van der Waals surface area contributed by atoms with Gasteiger partial charge in [-0.15, -0.1) is 0 Å². The van der Waals surface area contributed by atoms with Crippen LogP contribution in [-0.2, 0) is 25.7 Å². The Morgan fingerprint density at radius 2 is 1.69 bits per heavy atom. The lowest BCUT2D eigenvalue weighted by molar-refractivity contribution is -0.156. The summed E-state index contributed by atoms with van der Waals surface area (Å²) in [6, 6.07) is 2.56. The van der Waals surface area contributed by atoms with E-state index < -0.39 is 31.7 Å². The fourth-order valence-electron chi connectivity index (χ4n) is 3.81. The number of alkyl halides is 3. The number of esters is 1. The maximum absolute atomic E-state index is 13.0. The van der Waals surface area contributed by atoms with Crippen LogP contribution in [0.1, 0.15) is 50.5 Å². The van der Waals surface area contributed by atoms with E-state index in [0.29, 0.717) is 6.07 Å². The van der Waals surface area contributed by atoms with Gasteiger partial charge in [-0.3, -0.25) is 4.79 Å². The van der Waals surface area contributed by atoms with Gasteiger partial charge in [-0.05, 0) is 56.7 Å². The van der Waals surface area contributed by atoms with Gasteiger partial charge in [-0.2, -0.15) is 17.5 Å². The molecule has 162 valence electrons. The van der Waals surface area contributed by atoms with Gasteiger partial charge in [0.2, 0.25) is 10.0 Å². The van der Waals surface area contributed by atoms with Crippen molar-refractivity contribution in [2.75, 3.05) is 13.1 Å². The second-order valence-corrected chi connectivity index (χ2v) is 9.86. The predicted molar refractivity (Wildman–Crippen MR) is 101 cm³/mol. The number of carbonyl (C=O) groups is 1. The van der Waals surface area contributed by atoms with Crippen molar-refractivity contribution in [3.05, 3.63) is 28.8 Å². The molecule has 0 spiro atoms. The van der Waals surface area contributed by atoms with Crippen molar-refractivity contribution in [1.82, 2.24) is 4.31 Å². The summed E-state index contributed by atoms with van der Waals surface area (Å²) in [6.45, 7) is 0.105. The van der Waals surface area contributed by atoms with Crippen LogP contribution in [0.15, 0.2) is 23.1 Å². The van der Waals surface area contributed by atoms with Gasteiger partial charge < -0.3 is 4.74 Å². The molecule has 0 unspecified atom stereocenters. The van der Waals surface area contributed by atoms with Gasteiger partial charge in [0.15, 0.2) is 0 Å². The van der Waals surface area contributed by atoms with Crippen molar-refractivity contribution in [2.24, 2.45) is 5.92 Å². The number of halogens is 4. The van der Waals surface area contributed by atoms with Crippen molar-refractivity contribution in [1.29, 1.82) is 0 Å². The van der Waals surface area contributed by atoms with Crippen LogP contribution < -0.4 is 0 Å². The Morgan fingerprint density at radius 3 is 2.28 bits per heavy atom. The van der Waals surface area contributed by atoms with E-state index in [4.69, 9.17) is 16.3 Å². The molecule has 1 saturated carbocycles. The lowest BCUT2D eigenvalue weighted by atomic mass is 9.96. The monoisotopic (exact) mass is 453 g/mol. The van der Waals surface area contributed by atoms with Gasteiger partial charge in [0.05, 0.1) is 21.4 Å². The van der Waals surface area contributed by atoms with E-state index in [2.05, 4.69) is 0 Å². The second kappa shape index (κ2) is 8.81. The summed E-state index contributed by atoms with van der Waals surface area (Å²) < 4.78 is 71.4. The fraction of sp³-hybridized carbons (Fsp3) is 0.632. The number of sulfonamides is 1. The minimum atomic E-state index is -4.75. The Labute approximate surface area is 173 Å². The number of carbonyl (C=O) groups excluding carboxylic acids is 1. The molecule has 0 atom stereocenters. The molecule has 0 aromatic heterocycles. The Kier molecular flexibility index (Phi) is 6.80. The van der Waals surface area contributed by atoms with Gasteiger partial charge in [-0.25, -0.2) is 8.42 Å². The molecule has 0 bridgehead atoms. The van der Waals surface area contributed by atoms with Gasteiger partial charge in [0, 0.05) is 13.1 Å². The van der Waals surface area contributed by atoms with E-state index in [9.17, 15) is 26.4 Å². The van der Waals surface area contributed by atoms with Crippen molar-refractivity contribution in [2.45, 2.75) is 62.1 Å². The number of ether oxygens (including phenoxy) is 1. The van der Waals surface area contributed by atoms with Crippen molar-refractivity contribution in [3.8, 4) is 0 Å². The topological polar surface area (TPSA) is 63.7 Å². The maximum Gasteiger partial charge on any atom is 0.417 e. The Bertz CT molecular complexity index is 846. The highest BCUT2D eigenvalue weighted by molar-refractivity contribution is 7.89. The summed E-state index contributed by atoms with van der Waals surface area (Å²) in [7, 11) is -4.12. The summed E-state index contributed by atoms with van der Waals surface area (Å²) in [5, 5.41) is -0.555. The highest BCUT2D eigenvalue weighted by Gasteiger charge is 2.37. The standard InChI is InChI=1S/C19H23ClF3NO4S/c20-17-7-6-15(12-16(17)19(21,22)23)29(26,27)24-10-8-13(9-11-24)18(25)28-14-4-2-1-3-5-14/h6-7,12-14H,1-5,8-11H2. The molecular weight excluding hydrogens is 431 g/mol. The molecule has 1 saturated heterocycles. The van der Waals surface area contributed by atoms with Gasteiger partial charge in [0.25, 0.3) is 0 Å². The molecule has 2 aliphatic rings. The third-order valence-corrected chi connectivity index (χ3v) is 7.73. The molecule has 1 aliphatic carbocycles. The van der Waals surface area contributed by atoms with E-state index in [1.807, 2.05) is 0 Å². The number of rotatable bonds is 4. The number of benzene rings is 1. The molecule has 0 radical (unpaired) electrons. The lowest BCUT2D eigenvalue weighted by Crippen LogP contribution is -2.41. The Hall–Kier alpha value is -1.32. The predicted octanol–water partition coefficient (Wildman–Crippen LogP) is 4.64. The van der Waals surface area contributed by atoms with E-state index in [1.54, 1.807) is 0 Å². The van der Waals surface area contributed by atoms with Crippen molar-refractivity contribution in [3.63, 3.8) is 0 Å². The van der Waals surface area contributed by atoms with E-state index in [-0.39, 0.29) is 43.9 Å². The van der Waals surface area contributed by atoms with Gasteiger partial charge in [0.1, 0.15) is 6.10 Å². The summed E-state index contributed by atoms with van der Waals surface area (Å²) >= 11 is 5.57. The molecule has 0 N–H and O–H groups in total. The SMILES string of the molecule is O=C(OC1CCCCC1)C1CCN(S(=O)(=O)c2ccc(Cl)c(C(F)(F)F)c2)CC1. The molecule has 0 amide bonds. The van der Waals surface area contributed by atoms with Crippen LogP contribution in [0.2, 0.25) is 5.02 Å². The zero-order valence-electron chi connectivity index (χ0n) is 15.8. The normalized spacial score (nSPS) is 20.6. The third-order valence-electron chi connectivity index (χ3n) is 5.50. The Balaban J connectivity index is 1.64. The molecule has 1 heterocycles. The fourth-order valence-corrected chi connectivity index (χ4v) is 5.53. The molecule has 5 nitrogen and oxygen atoms in total. The van der Waals surface area contributed by atoms with E-state index >= 15 is 0 Å². The zero-order chi connectivity index (χ0) is 21.2. The molecule has 1 aromatic rings. The molecule has 2 fully saturated rings. The largest absolute Gasteiger partial charge is 0.462 e. The minimum Gasteiger partial charge on any atom is -0.462 e. The maximum atomic E-state index is 13.0. The zero-order valence-corrected chi connectivity index (χ0v) is 17.3. The van der Waals surface area contributed by atoms with Crippen LogP contribution in [0.25, 0.3) is 0 Å². The van der Waals surface area contributed by atoms with E-state index in [1.165, 1.54) is 0 Å². The quantitative estimate of drug-likeness (QED) is 0.623. The van der Waals surface area contributed by atoms with Crippen LogP contribution in [0, 0.1) is 5.92 Å². The third kappa shape index (κ3) is 5.24. The smallest absolute Gasteiger partial charge is 0.417 e.